The summed E-state index contributed by atoms with van der Waals surface area (Å²) in [5, 5.41) is 0. The van der Waals surface area contributed by atoms with Crippen LogP contribution in [-0.2, 0) is 0 Å². The van der Waals surface area contributed by atoms with Gasteiger partial charge in [-0.1, -0.05) is 156 Å². The zero-order valence-electron chi connectivity index (χ0n) is 24.7. The molecule has 1 aliphatic rings. The number of hydrogen-bond acceptors (Lipinski definition) is 2. The van der Waals surface area contributed by atoms with Crippen molar-refractivity contribution in [2.45, 2.75) is 187 Å². The molecule has 208 valence electrons. The lowest BCUT2D eigenvalue weighted by Gasteiger charge is -2.33. The van der Waals surface area contributed by atoms with E-state index in [9.17, 15) is 0 Å². The summed E-state index contributed by atoms with van der Waals surface area (Å²) in [5.41, 5.74) is 0. The molecule has 1 heterocycles. The van der Waals surface area contributed by atoms with Gasteiger partial charge >= 0.3 is 0 Å². The topological polar surface area (TPSA) is 6.48 Å². The van der Waals surface area contributed by atoms with Crippen molar-refractivity contribution < 1.29 is 0 Å². The Morgan fingerprint density at radius 1 is 0.371 bits per heavy atom. The second kappa shape index (κ2) is 25.0. The van der Waals surface area contributed by atoms with Crippen LogP contribution in [0.3, 0.4) is 0 Å². The Balaban J connectivity index is 2.19. The maximum atomic E-state index is 2.69. The standard InChI is InChI=1S/C33H66N2/c1-4-7-10-13-15-17-18-20-22-24-27-30-35-32-31-34(29-26-12-9-6-3)33(35)28-25-23-21-19-16-14-11-8-5-2/h31-33H,4-30H2,1-3H3. The van der Waals surface area contributed by atoms with Crippen LogP contribution < -0.4 is 0 Å². The molecule has 0 bridgehead atoms. The van der Waals surface area contributed by atoms with Crippen molar-refractivity contribution in [1.29, 1.82) is 0 Å². The van der Waals surface area contributed by atoms with E-state index in [1.54, 1.807) is 0 Å². The Morgan fingerprint density at radius 2 is 0.657 bits per heavy atom. The number of hydrogen-bond donors (Lipinski definition) is 0. The summed E-state index contributed by atoms with van der Waals surface area (Å²) in [7, 11) is 0. The Bertz CT molecular complexity index is 446. The molecule has 0 fully saturated rings. The van der Waals surface area contributed by atoms with E-state index in [0.29, 0.717) is 6.17 Å². The van der Waals surface area contributed by atoms with Gasteiger partial charge in [-0.05, 0) is 25.7 Å². The Hall–Kier alpha value is -0.660. The van der Waals surface area contributed by atoms with E-state index in [-0.39, 0.29) is 0 Å². The number of rotatable bonds is 27. The SMILES string of the molecule is CCCCCCCCCCCCCN1C=CN(CCCCCC)C1CCCCCCCCCCC. The Labute approximate surface area is 222 Å². The first kappa shape index (κ1) is 32.4. The largest absolute Gasteiger partial charge is 0.356 e. The van der Waals surface area contributed by atoms with Crippen LogP contribution in [0.25, 0.3) is 0 Å². The monoisotopic (exact) mass is 491 g/mol. The van der Waals surface area contributed by atoms with Gasteiger partial charge in [-0.2, -0.15) is 0 Å². The molecule has 1 atom stereocenters. The highest BCUT2D eigenvalue weighted by Gasteiger charge is 2.24. The fraction of sp³-hybridized carbons (Fsp3) is 0.939. The van der Waals surface area contributed by atoms with Crippen molar-refractivity contribution in [3.8, 4) is 0 Å². The third-order valence-corrected chi connectivity index (χ3v) is 8.07. The number of nitrogens with zero attached hydrogens (tertiary/aromatic N) is 2. The third kappa shape index (κ3) is 18.3. The molecular weight excluding hydrogens is 424 g/mol. The van der Waals surface area contributed by atoms with Gasteiger partial charge in [0.2, 0.25) is 0 Å². The highest BCUT2D eigenvalue weighted by molar-refractivity contribution is 4.97. The van der Waals surface area contributed by atoms with Crippen molar-refractivity contribution in [1.82, 2.24) is 9.80 Å². The summed E-state index contributed by atoms with van der Waals surface area (Å²) >= 11 is 0. The van der Waals surface area contributed by atoms with E-state index in [1.807, 2.05) is 0 Å². The highest BCUT2D eigenvalue weighted by atomic mass is 15.4. The molecule has 1 unspecified atom stereocenters. The molecule has 0 aromatic carbocycles. The molecular formula is C33H66N2. The van der Waals surface area contributed by atoms with Crippen LogP contribution in [0.2, 0.25) is 0 Å². The molecule has 2 nitrogen and oxygen atoms in total. The Morgan fingerprint density at radius 3 is 1.03 bits per heavy atom. The van der Waals surface area contributed by atoms with Crippen LogP contribution in [0.1, 0.15) is 181 Å². The van der Waals surface area contributed by atoms with Gasteiger partial charge in [0.1, 0.15) is 6.17 Å². The second-order valence-corrected chi connectivity index (χ2v) is 11.5. The average molecular weight is 491 g/mol. The second-order valence-electron chi connectivity index (χ2n) is 11.5. The van der Waals surface area contributed by atoms with Gasteiger partial charge in [-0.3, -0.25) is 0 Å². The van der Waals surface area contributed by atoms with Gasteiger partial charge in [0.25, 0.3) is 0 Å². The van der Waals surface area contributed by atoms with E-state index in [0.717, 1.165) is 0 Å². The van der Waals surface area contributed by atoms with Gasteiger partial charge in [0.05, 0.1) is 0 Å². The van der Waals surface area contributed by atoms with Crippen molar-refractivity contribution in [2.24, 2.45) is 0 Å². The lowest BCUT2D eigenvalue weighted by atomic mass is 10.0. The molecule has 2 heteroatoms. The molecule has 0 saturated heterocycles. The van der Waals surface area contributed by atoms with Crippen LogP contribution >= 0.6 is 0 Å². The molecule has 0 amide bonds. The van der Waals surface area contributed by atoms with Gasteiger partial charge < -0.3 is 9.80 Å². The molecule has 0 spiro atoms. The molecule has 1 rings (SSSR count). The Kier molecular flexibility index (Phi) is 23.1. The zero-order valence-corrected chi connectivity index (χ0v) is 24.7. The van der Waals surface area contributed by atoms with Crippen LogP contribution in [-0.4, -0.2) is 29.1 Å². The van der Waals surface area contributed by atoms with Gasteiger partial charge in [-0.15, -0.1) is 0 Å². The first-order valence-corrected chi connectivity index (χ1v) is 16.5. The van der Waals surface area contributed by atoms with Crippen LogP contribution in [0, 0.1) is 0 Å². The average Bonchev–Trinajstić information content (AvgIpc) is 3.25. The van der Waals surface area contributed by atoms with Gasteiger partial charge in [-0.25, -0.2) is 0 Å². The van der Waals surface area contributed by atoms with E-state index >= 15 is 0 Å². The number of unbranched alkanes of at least 4 members (excludes halogenated alkanes) is 21. The third-order valence-electron chi connectivity index (χ3n) is 8.07. The maximum absolute atomic E-state index is 2.69. The fourth-order valence-corrected chi connectivity index (χ4v) is 5.66. The molecule has 0 aromatic rings. The summed E-state index contributed by atoms with van der Waals surface area (Å²) in [5.74, 6) is 0. The van der Waals surface area contributed by atoms with Crippen molar-refractivity contribution in [3.05, 3.63) is 12.4 Å². The minimum atomic E-state index is 0.643. The predicted molar refractivity (Wildman–Crippen MR) is 159 cm³/mol. The normalized spacial score (nSPS) is 15.6. The van der Waals surface area contributed by atoms with E-state index in [4.69, 9.17) is 0 Å². The first-order valence-electron chi connectivity index (χ1n) is 16.5. The summed E-state index contributed by atoms with van der Waals surface area (Å²) in [6.45, 7) is 9.46. The molecule has 0 aromatic heterocycles. The predicted octanol–water partition coefficient (Wildman–Crippen LogP) is 11.2. The van der Waals surface area contributed by atoms with Crippen molar-refractivity contribution in [3.63, 3.8) is 0 Å². The van der Waals surface area contributed by atoms with Crippen LogP contribution in [0.5, 0.6) is 0 Å². The van der Waals surface area contributed by atoms with Gasteiger partial charge in [0, 0.05) is 25.5 Å². The van der Waals surface area contributed by atoms with E-state index in [2.05, 4.69) is 43.0 Å². The van der Waals surface area contributed by atoms with Crippen LogP contribution in [0.4, 0.5) is 0 Å². The van der Waals surface area contributed by atoms with Crippen molar-refractivity contribution in [2.75, 3.05) is 13.1 Å². The lowest BCUT2D eigenvalue weighted by molar-refractivity contribution is 0.135. The summed E-state index contributed by atoms with van der Waals surface area (Å²) in [4.78, 5) is 5.37. The lowest BCUT2D eigenvalue weighted by Crippen LogP contribution is -2.39. The minimum absolute atomic E-state index is 0.643. The molecule has 35 heavy (non-hydrogen) atoms. The first-order chi connectivity index (χ1) is 17.3. The minimum Gasteiger partial charge on any atom is -0.356 e. The van der Waals surface area contributed by atoms with Gasteiger partial charge in [0.15, 0.2) is 0 Å². The smallest absolute Gasteiger partial charge is 0.101 e. The quantitative estimate of drug-likeness (QED) is 0.106. The zero-order chi connectivity index (χ0) is 25.2. The summed E-state index contributed by atoms with van der Waals surface area (Å²) < 4.78 is 0. The summed E-state index contributed by atoms with van der Waals surface area (Å²) in [6.07, 6.45) is 41.0. The fourth-order valence-electron chi connectivity index (χ4n) is 5.66. The maximum Gasteiger partial charge on any atom is 0.101 e. The molecule has 0 radical (unpaired) electrons. The van der Waals surface area contributed by atoms with E-state index < -0.39 is 0 Å². The van der Waals surface area contributed by atoms with Crippen molar-refractivity contribution >= 4 is 0 Å². The molecule has 0 N–H and O–H groups in total. The molecule has 1 aliphatic heterocycles. The summed E-state index contributed by atoms with van der Waals surface area (Å²) in [6, 6.07) is 0. The molecule has 0 aliphatic carbocycles. The highest BCUT2D eigenvalue weighted by Crippen LogP contribution is 2.24. The molecule has 0 saturated carbocycles. The van der Waals surface area contributed by atoms with E-state index in [1.165, 1.54) is 174 Å². The van der Waals surface area contributed by atoms with Crippen LogP contribution in [0.15, 0.2) is 12.4 Å².